The van der Waals surface area contributed by atoms with Crippen LogP contribution < -0.4 is 0 Å². The van der Waals surface area contributed by atoms with E-state index >= 15 is 0 Å². The van der Waals surface area contributed by atoms with Crippen molar-refractivity contribution < 1.29 is 9.59 Å². The van der Waals surface area contributed by atoms with Gasteiger partial charge in [-0.1, -0.05) is 30.3 Å². The first kappa shape index (κ1) is 10.4. The third kappa shape index (κ3) is 2.98. The van der Waals surface area contributed by atoms with E-state index in [2.05, 4.69) is 0 Å². The van der Waals surface area contributed by atoms with Crippen LogP contribution in [0.4, 0.5) is 0 Å². The van der Waals surface area contributed by atoms with Crippen LogP contribution in [0.5, 0.6) is 0 Å². The quantitative estimate of drug-likeness (QED) is 0.539. The van der Waals surface area contributed by atoms with Crippen molar-refractivity contribution in [1.29, 1.82) is 0 Å². The van der Waals surface area contributed by atoms with Crippen LogP contribution in [-0.2, 0) is 4.79 Å². The molecule has 0 aromatic heterocycles. The number of ketones is 2. The molecule has 0 aliphatic heterocycles. The molecule has 0 aliphatic rings. The molecule has 0 amide bonds. The van der Waals surface area contributed by atoms with Crippen LogP contribution >= 0.6 is 0 Å². The number of carbonyl (C=O) groups is 2. The molecule has 0 spiro atoms. The summed E-state index contributed by atoms with van der Waals surface area (Å²) in [5, 5.41) is 0. The van der Waals surface area contributed by atoms with Crippen LogP contribution in [0.15, 0.2) is 30.3 Å². The molecular formula is C12H12O2. The molecule has 14 heavy (non-hydrogen) atoms. The van der Waals surface area contributed by atoms with Crippen LogP contribution in [0, 0.1) is 0 Å². The van der Waals surface area contributed by atoms with Crippen molar-refractivity contribution in [1.82, 2.24) is 0 Å². The summed E-state index contributed by atoms with van der Waals surface area (Å²) in [4.78, 5) is 21.6. The van der Waals surface area contributed by atoms with Gasteiger partial charge in [-0.2, -0.15) is 0 Å². The number of Topliss-reactive ketones (excluding diaryl/α,β-unsaturated/α-hetero) is 1. The van der Waals surface area contributed by atoms with Gasteiger partial charge in [0.2, 0.25) is 0 Å². The molecule has 0 N–H and O–H groups in total. The third-order valence-electron chi connectivity index (χ3n) is 1.83. The average Bonchev–Trinajstić information content (AvgIpc) is 2.15. The first-order valence-corrected chi connectivity index (χ1v) is 4.39. The minimum Gasteiger partial charge on any atom is -0.295 e. The van der Waals surface area contributed by atoms with Gasteiger partial charge in [0.25, 0.3) is 0 Å². The zero-order valence-corrected chi connectivity index (χ0v) is 8.28. The Hall–Kier alpha value is -1.70. The summed E-state index contributed by atoms with van der Waals surface area (Å²) in [5.41, 5.74) is 1.61. The summed E-state index contributed by atoms with van der Waals surface area (Å²) in [5.74, 6) is 0.0627. The van der Waals surface area contributed by atoms with Gasteiger partial charge in [-0.3, -0.25) is 9.59 Å². The number of allylic oxidation sites excluding steroid dienone is 1. The molecule has 0 unspecified atom stereocenters. The predicted molar refractivity (Wildman–Crippen MR) is 56.2 cm³/mol. The predicted octanol–water partition coefficient (Wildman–Crippen LogP) is 2.49. The number of hydrogen-bond acceptors (Lipinski definition) is 2. The van der Waals surface area contributed by atoms with Gasteiger partial charge in [0, 0.05) is 5.56 Å². The number of carbonyl (C=O) groups excluding carboxylic acids is 2. The number of hydrogen-bond donors (Lipinski definition) is 0. The van der Waals surface area contributed by atoms with Gasteiger partial charge in [-0.15, -0.1) is 0 Å². The van der Waals surface area contributed by atoms with Gasteiger partial charge in [-0.25, -0.2) is 0 Å². The van der Waals surface area contributed by atoms with Crippen LogP contribution in [-0.4, -0.2) is 11.6 Å². The molecule has 0 radical (unpaired) electrons. The van der Waals surface area contributed by atoms with E-state index in [-0.39, 0.29) is 11.6 Å². The third-order valence-corrected chi connectivity index (χ3v) is 1.83. The molecule has 0 bridgehead atoms. The minimum atomic E-state index is 0.0145. The highest BCUT2D eigenvalue weighted by atomic mass is 16.1. The minimum absolute atomic E-state index is 0.0145. The van der Waals surface area contributed by atoms with E-state index in [4.69, 9.17) is 0 Å². The van der Waals surface area contributed by atoms with Crippen LogP contribution in [0.3, 0.4) is 0 Å². The van der Waals surface area contributed by atoms with E-state index in [1.54, 1.807) is 18.2 Å². The number of rotatable bonds is 3. The fraction of sp³-hybridized carbons (Fsp3) is 0.167. The van der Waals surface area contributed by atoms with Gasteiger partial charge < -0.3 is 0 Å². The van der Waals surface area contributed by atoms with E-state index in [1.165, 1.54) is 19.9 Å². The van der Waals surface area contributed by atoms with Gasteiger partial charge in [-0.05, 0) is 25.5 Å². The maximum atomic E-state index is 11.0. The SMILES string of the molecule is CC(=O)/C=C/c1ccc(C(C)=O)cc1. The summed E-state index contributed by atoms with van der Waals surface area (Å²) < 4.78 is 0. The Labute approximate surface area is 83.3 Å². The Morgan fingerprint density at radius 2 is 1.64 bits per heavy atom. The summed E-state index contributed by atoms with van der Waals surface area (Å²) in [6.45, 7) is 3.03. The molecule has 1 aromatic carbocycles. The Balaban J connectivity index is 2.83. The van der Waals surface area contributed by atoms with Gasteiger partial charge in [0.15, 0.2) is 11.6 Å². The summed E-state index contributed by atoms with van der Waals surface area (Å²) in [6, 6.07) is 7.14. The molecule has 1 rings (SSSR count). The second-order valence-electron chi connectivity index (χ2n) is 3.12. The molecular weight excluding hydrogens is 176 g/mol. The van der Waals surface area contributed by atoms with Gasteiger partial charge in [0.05, 0.1) is 0 Å². The Morgan fingerprint density at radius 1 is 1.07 bits per heavy atom. The van der Waals surface area contributed by atoms with Crippen molar-refractivity contribution in [3.05, 3.63) is 41.5 Å². The molecule has 72 valence electrons. The van der Waals surface area contributed by atoms with Crippen LogP contribution in [0.25, 0.3) is 6.08 Å². The zero-order valence-electron chi connectivity index (χ0n) is 8.28. The highest BCUT2D eigenvalue weighted by Crippen LogP contribution is 2.06. The lowest BCUT2D eigenvalue weighted by atomic mass is 10.1. The molecule has 2 nitrogen and oxygen atoms in total. The van der Waals surface area contributed by atoms with E-state index in [0.29, 0.717) is 5.56 Å². The van der Waals surface area contributed by atoms with Gasteiger partial charge in [0.1, 0.15) is 0 Å². The maximum absolute atomic E-state index is 11.0. The Morgan fingerprint density at radius 3 is 2.07 bits per heavy atom. The standard InChI is InChI=1S/C12H12O2/c1-9(13)3-4-11-5-7-12(8-6-11)10(2)14/h3-8H,1-2H3/b4-3+. The molecule has 2 heteroatoms. The van der Waals surface area contributed by atoms with Crippen molar-refractivity contribution in [2.45, 2.75) is 13.8 Å². The molecule has 0 fully saturated rings. The average molecular weight is 188 g/mol. The Kier molecular flexibility index (Phi) is 3.35. The van der Waals surface area contributed by atoms with Crippen molar-refractivity contribution >= 4 is 17.6 Å². The smallest absolute Gasteiger partial charge is 0.159 e. The maximum Gasteiger partial charge on any atom is 0.159 e. The second kappa shape index (κ2) is 4.51. The normalized spacial score (nSPS) is 10.4. The van der Waals surface area contributed by atoms with E-state index < -0.39 is 0 Å². The Bertz CT molecular complexity index is 372. The van der Waals surface area contributed by atoms with Crippen molar-refractivity contribution in [3.63, 3.8) is 0 Å². The van der Waals surface area contributed by atoms with Gasteiger partial charge >= 0.3 is 0 Å². The molecule has 1 aromatic rings. The second-order valence-corrected chi connectivity index (χ2v) is 3.12. The lowest BCUT2D eigenvalue weighted by Crippen LogP contribution is -1.90. The topological polar surface area (TPSA) is 34.1 Å². The summed E-state index contributed by atoms with van der Waals surface area (Å²) >= 11 is 0. The monoisotopic (exact) mass is 188 g/mol. The summed E-state index contributed by atoms with van der Waals surface area (Å²) in [7, 11) is 0. The van der Waals surface area contributed by atoms with E-state index in [0.717, 1.165) is 5.56 Å². The first-order chi connectivity index (χ1) is 6.59. The molecule has 0 saturated heterocycles. The van der Waals surface area contributed by atoms with Crippen LogP contribution in [0.1, 0.15) is 29.8 Å². The lowest BCUT2D eigenvalue weighted by Gasteiger charge is -1.95. The molecule has 0 atom stereocenters. The zero-order chi connectivity index (χ0) is 10.6. The lowest BCUT2D eigenvalue weighted by molar-refractivity contribution is -0.112. The van der Waals surface area contributed by atoms with E-state index in [9.17, 15) is 9.59 Å². The molecule has 0 saturated carbocycles. The fourth-order valence-electron chi connectivity index (χ4n) is 1.04. The first-order valence-electron chi connectivity index (χ1n) is 4.39. The molecule has 0 heterocycles. The fourth-order valence-corrected chi connectivity index (χ4v) is 1.04. The van der Waals surface area contributed by atoms with E-state index in [1.807, 2.05) is 12.1 Å². The molecule has 0 aliphatic carbocycles. The largest absolute Gasteiger partial charge is 0.295 e. The van der Waals surface area contributed by atoms with Crippen molar-refractivity contribution in [2.24, 2.45) is 0 Å². The van der Waals surface area contributed by atoms with Crippen molar-refractivity contribution in [3.8, 4) is 0 Å². The van der Waals surface area contributed by atoms with Crippen LogP contribution in [0.2, 0.25) is 0 Å². The summed E-state index contributed by atoms with van der Waals surface area (Å²) in [6.07, 6.45) is 3.23. The highest BCUT2D eigenvalue weighted by Gasteiger charge is 1.96. The highest BCUT2D eigenvalue weighted by molar-refractivity contribution is 5.94. The number of benzene rings is 1. The van der Waals surface area contributed by atoms with Crippen molar-refractivity contribution in [2.75, 3.05) is 0 Å².